The van der Waals surface area contributed by atoms with Gasteiger partial charge in [0.2, 0.25) is 0 Å². The van der Waals surface area contributed by atoms with Gasteiger partial charge in [0, 0.05) is 16.1 Å². The molecule has 0 aromatic heterocycles. The Kier molecular flexibility index (Phi) is 8.56. The molecule has 5 nitrogen and oxygen atoms in total. The largest absolute Gasteiger partial charge is 0.490 e. The van der Waals surface area contributed by atoms with Crippen molar-refractivity contribution in [1.29, 1.82) is 5.26 Å². The van der Waals surface area contributed by atoms with Crippen LogP contribution in [0.15, 0.2) is 65.8 Å². The Labute approximate surface area is 200 Å². The molecule has 3 aromatic carbocycles. The molecule has 31 heavy (non-hydrogen) atoms. The molecule has 0 atom stereocenters. The van der Waals surface area contributed by atoms with Gasteiger partial charge in [-0.3, -0.25) is 0 Å². The first-order chi connectivity index (χ1) is 15.1. The Morgan fingerprint density at radius 1 is 1.06 bits per heavy atom. The molecular formula is C24H20ClIN2O3. The van der Waals surface area contributed by atoms with Gasteiger partial charge in [-0.05, 0) is 65.4 Å². The van der Waals surface area contributed by atoms with Crippen LogP contribution in [-0.4, -0.2) is 12.8 Å². The van der Waals surface area contributed by atoms with Crippen LogP contribution in [0.1, 0.15) is 29.2 Å². The van der Waals surface area contributed by atoms with E-state index in [2.05, 4.69) is 33.8 Å². The highest BCUT2D eigenvalue weighted by molar-refractivity contribution is 14.1. The average Bonchev–Trinajstić information content (AvgIpc) is 2.78. The number of nitrogens with zero attached hydrogens (tertiary/aromatic N) is 2. The highest BCUT2D eigenvalue weighted by Gasteiger charge is 2.12. The highest BCUT2D eigenvalue weighted by Crippen LogP contribution is 2.34. The fourth-order valence-electron chi connectivity index (χ4n) is 2.76. The first kappa shape index (κ1) is 22.9. The smallest absolute Gasteiger partial charge is 0.175 e. The summed E-state index contributed by atoms with van der Waals surface area (Å²) in [5.74, 6) is 1.32. The Morgan fingerprint density at radius 2 is 1.84 bits per heavy atom. The van der Waals surface area contributed by atoms with Gasteiger partial charge in [-0.25, -0.2) is 0 Å². The lowest BCUT2D eigenvalue weighted by atomic mass is 10.1. The Morgan fingerprint density at radius 3 is 2.58 bits per heavy atom. The van der Waals surface area contributed by atoms with Gasteiger partial charge in [0.05, 0.1) is 28.0 Å². The van der Waals surface area contributed by atoms with Crippen LogP contribution in [0, 0.1) is 14.9 Å². The van der Waals surface area contributed by atoms with Crippen LogP contribution < -0.4 is 9.47 Å². The third-order valence-electron chi connectivity index (χ3n) is 4.26. The first-order valence-corrected chi connectivity index (χ1v) is 11.0. The zero-order chi connectivity index (χ0) is 22.1. The monoisotopic (exact) mass is 546 g/mol. The predicted octanol–water partition coefficient (Wildman–Crippen LogP) is 6.34. The SMILES string of the molecule is CCOc1cc(/C=N\OCc2ccccc2C#N)cc(I)c1OCc1ccc(Cl)cc1. The second-order valence-electron chi connectivity index (χ2n) is 6.46. The van der Waals surface area contributed by atoms with Crippen LogP contribution in [0.3, 0.4) is 0 Å². The van der Waals surface area contributed by atoms with E-state index in [4.69, 9.17) is 31.2 Å². The third kappa shape index (κ3) is 6.61. The third-order valence-corrected chi connectivity index (χ3v) is 5.32. The topological polar surface area (TPSA) is 63.8 Å². The number of oxime groups is 1. The van der Waals surface area contributed by atoms with Gasteiger partial charge < -0.3 is 14.3 Å². The molecule has 0 N–H and O–H groups in total. The minimum Gasteiger partial charge on any atom is -0.490 e. The molecule has 0 fully saturated rings. The fraction of sp³-hybridized carbons (Fsp3) is 0.167. The molecular weight excluding hydrogens is 527 g/mol. The van der Waals surface area contributed by atoms with E-state index in [1.807, 2.05) is 61.5 Å². The maximum Gasteiger partial charge on any atom is 0.175 e. The Balaban J connectivity index is 1.69. The zero-order valence-corrected chi connectivity index (χ0v) is 19.8. The van der Waals surface area contributed by atoms with E-state index in [9.17, 15) is 0 Å². The zero-order valence-electron chi connectivity index (χ0n) is 16.8. The van der Waals surface area contributed by atoms with Crippen molar-refractivity contribution < 1.29 is 14.3 Å². The van der Waals surface area contributed by atoms with Crippen molar-refractivity contribution in [2.45, 2.75) is 20.1 Å². The molecule has 0 saturated carbocycles. The van der Waals surface area contributed by atoms with Gasteiger partial charge in [-0.15, -0.1) is 0 Å². The molecule has 0 amide bonds. The summed E-state index contributed by atoms with van der Waals surface area (Å²) in [6.45, 7) is 3.06. The van der Waals surface area contributed by atoms with Gasteiger partial charge in [-0.1, -0.05) is 47.1 Å². The number of benzene rings is 3. The van der Waals surface area contributed by atoms with Crippen molar-refractivity contribution in [3.8, 4) is 17.6 Å². The number of hydrogen-bond donors (Lipinski definition) is 0. The number of hydrogen-bond acceptors (Lipinski definition) is 5. The number of halogens is 2. The minimum absolute atomic E-state index is 0.220. The molecule has 158 valence electrons. The lowest BCUT2D eigenvalue weighted by Gasteiger charge is -2.14. The van der Waals surface area contributed by atoms with E-state index in [1.165, 1.54) is 0 Å². The van der Waals surface area contributed by atoms with E-state index in [-0.39, 0.29) is 6.61 Å². The van der Waals surface area contributed by atoms with Crippen LogP contribution in [0.25, 0.3) is 0 Å². The standard InChI is InChI=1S/C24H20ClIN2O3/c1-2-29-23-12-18(14-28-31-16-20-6-4-3-5-19(20)13-27)11-22(26)24(23)30-15-17-7-9-21(25)10-8-17/h3-12,14H,2,15-16H2,1H3/b28-14-. The van der Waals surface area contributed by atoms with E-state index in [0.29, 0.717) is 35.3 Å². The summed E-state index contributed by atoms with van der Waals surface area (Å²) < 4.78 is 12.7. The predicted molar refractivity (Wildman–Crippen MR) is 130 cm³/mol. The van der Waals surface area contributed by atoms with Crippen LogP contribution >= 0.6 is 34.2 Å². The molecule has 7 heteroatoms. The molecule has 0 bridgehead atoms. The number of ether oxygens (including phenoxy) is 2. The van der Waals surface area contributed by atoms with Crippen LogP contribution in [-0.2, 0) is 18.1 Å². The molecule has 0 aliphatic rings. The lowest BCUT2D eigenvalue weighted by molar-refractivity contribution is 0.132. The van der Waals surface area contributed by atoms with E-state index >= 15 is 0 Å². The van der Waals surface area contributed by atoms with Crippen molar-refractivity contribution in [3.05, 3.63) is 91.5 Å². The Hall–Kier alpha value is -2.76. The van der Waals surface area contributed by atoms with Gasteiger partial charge in [0.15, 0.2) is 11.5 Å². The average molecular weight is 547 g/mol. The lowest BCUT2D eigenvalue weighted by Crippen LogP contribution is -2.02. The highest BCUT2D eigenvalue weighted by atomic mass is 127. The van der Waals surface area contributed by atoms with Crippen molar-refractivity contribution in [1.82, 2.24) is 0 Å². The van der Waals surface area contributed by atoms with Crippen LogP contribution in [0.4, 0.5) is 0 Å². The summed E-state index contributed by atoms with van der Waals surface area (Å²) in [5, 5.41) is 13.9. The summed E-state index contributed by atoms with van der Waals surface area (Å²) in [5.41, 5.74) is 3.20. The van der Waals surface area contributed by atoms with E-state index in [1.54, 1.807) is 12.3 Å². The molecule has 3 rings (SSSR count). The molecule has 0 saturated heterocycles. The normalized spacial score (nSPS) is 10.6. The van der Waals surface area contributed by atoms with Gasteiger partial charge in [0.25, 0.3) is 0 Å². The molecule has 0 radical (unpaired) electrons. The fourth-order valence-corrected chi connectivity index (χ4v) is 3.67. The minimum atomic E-state index is 0.220. The van der Waals surface area contributed by atoms with Gasteiger partial charge >= 0.3 is 0 Å². The van der Waals surface area contributed by atoms with Gasteiger partial charge in [0.1, 0.15) is 13.2 Å². The Bertz CT molecular complexity index is 1090. The second kappa shape index (κ2) is 11.6. The summed E-state index contributed by atoms with van der Waals surface area (Å²) in [6, 6.07) is 20.8. The summed E-state index contributed by atoms with van der Waals surface area (Å²) in [4.78, 5) is 5.38. The molecule has 0 heterocycles. The number of nitriles is 1. The second-order valence-corrected chi connectivity index (χ2v) is 8.05. The molecule has 0 unspecified atom stereocenters. The first-order valence-electron chi connectivity index (χ1n) is 9.57. The molecule has 0 aliphatic heterocycles. The van der Waals surface area contributed by atoms with Crippen LogP contribution in [0.2, 0.25) is 5.02 Å². The van der Waals surface area contributed by atoms with Crippen molar-refractivity contribution in [2.75, 3.05) is 6.61 Å². The quantitative estimate of drug-likeness (QED) is 0.178. The molecule has 3 aromatic rings. The van der Waals surface area contributed by atoms with Crippen molar-refractivity contribution in [2.24, 2.45) is 5.16 Å². The maximum absolute atomic E-state index is 9.14. The molecule has 0 spiro atoms. The van der Waals surface area contributed by atoms with Crippen LogP contribution in [0.5, 0.6) is 11.5 Å². The van der Waals surface area contributed by atoms with E-state index in [0.717, 1.165) is 20.3 Å². The number of rotatable bonds is 9. The molecule has 0 aliphatic carbocycles. The van der Waals surface area contributed by atoms with Crippen molar-refractivity contribution in [3.63, 3.8) is 0 Å². The summed E-state index contributed by atoms with van der Waals surface area (Å²) >= 11 is 8.16. The van der Waals surface area contributed by atoms with E-state index < -0.39 is 0 Å². The summed E-state index contributed by atoms with van der Waals surface area (Å²) in [7, 11) is 0. The maximum atomic E-state index is 9.14. The van der Waals surface area contributed by atoms with Crippen molar-refractivity contribution >= 4 is 40.4 Å². The summed E-state index contributed by atoms with van der Waals surface area (Å²) in [6.07, 6.45) is 1.61. The van der Waals surface area contributed by atoms with Gasteiger partial charge in [-0.2, -0.15) is 5.26 Å².